The van der Waals surface area contributed by atoms with Gasteiger partial charge in [0, 0.05) is 17.7 Å². The van der Waals surface area contributed by atoms with Crippen molar-refractivity contribution in [2.75, 3.05) is 12.3 Å². The second-order valence-corrected chi connectivity index (χ2v) is 7.22. The first-order chi connectivity index (χ1) is 14.5. The van der Waals surface area contributed by atoms with Crippen molar-refractivity contribution in [1.82, 2.24) is 10.3 Å². The number of amides is 1. The first-order valence-electron chi connectivity index (χ1n) is 10.2. The van der Waals surface area contributed by atoms with Crippen LogP contribution in [0, 0.1) is 0 Å². The Morgan fingerprint density at radius 3 is 2.37 bits per heavy atom. The number of unbranched alkanes of at least 4 members (excludes halogenated alkanes) is 3. The standard InChI is InChI=1S/C24H27N3O3/c1-2-3-4-8-15-26-24(30)20-19(16-11-13-18(28)14-12-16)21(27-23(20)25)22(29)17-9-6-5-7-10-17/h5-7,9-14,27-28H,2-4,8,15,25H2,1H3,(H,26,30). The molecule has 1 aromatic heterocycles. The maximum Gasteiger partial charge on any atom is 0.255 e. The fourth-order valence-electron chi connectivity index (χ4n) is 3.42. The number of hydrogen-bond donors (Lipinski definition) is 4. The third-order valence-corrected chi connectivity index (χ3v) is 4.99. The molecule has 6 nitrogen and oxygen atoms in total. The number of phenols is 1. The Balaban J connectivity index is 1.99. The van der Waals surface area contributed by atoms with E-state index >= 15 is 0 Å². The Labute approximate surface area is 176 Å². The molecule has 6 heteroatoms. The van der Waals surface area contributed by atoms with Crippen LogP contribution in [-0.2, 0) is 0 Å². The normalized spacial score (nSPS) is 10.7. The molecule has 30 heavy (non-hydrogen) atoms. The van der Waals surface area contributed by atoms with Crippen molar-refractivity contribution in [3.63, 3.8) is 0 Å². The minimum atomic E-state index is -0.324. The predicted octanol–water partition coefficient (Wildman–Crippen LogP) is 4.51. The second kappa shape index (κ2) is 9.78. The number of aromatic nitrogens is 1. The molecule has 0 radical (unpaired) electrons. The van der Waals surface area contributed by atoms with Gasteiger partial charge in [-0.2, -0.15) is 0 Å². The van der Waals surface area contributed by atoms with Crippen LogP contribution in [0.15, 0.2) is 54.6 Å². The van der Waals surface area contributed by atoms with Gasteiger partial charge in [-0.15, -0.1) is 0 Å². The highest BCUT2D eigenvalue weighted by Crippen LogP contribution is 2.34. The van der Waals surface area contributed by atoms with E-state index in [1.165, 1.54) is 12.1 Å². The van der Waals surface area contributed by atoms with Crippen LogP contribution in [-0.4, -0.2) is 28.3 Å². The van der Waals surface area contributed by atoms with Crippen LogP contribution < -0.4 is 11.1 Å². The van der Waals surface area contributed by atoms with Crippen LogP contribution in [0.5, 0.6) is 5.75 Å². The number of nitrogens with two attached hydrogens (primary N) is 1. The molecular formula is C24H27N3O3. The lowest BCUT2D eigenvalue weighted by Gasteiger charge is -2.09. The fraction of sp³-hybridized carbons (Fsp3) is 0.250. The van der Waals surface area contributed by atoms with Crippen molar-refractivity contribution in [1.29, 1.82) is 0 Å². The van der Waals surface area contributed by atoms with E-state index in [4.69, 9.17) is 5.73 Å². The number of phenolic OH excluding ortho intramolecular Hbond substituents is 1. The maximum absolute atomic E-state index is 13.2. The van der Waals surface area contributed by atoms with Crippen molar-refractivity contribution in [3.8, 4) is 16.9 Å². The van der Waals surface area contributed by atoms with E-state index in [0.29, 0.717) is 23.2 Å². The first-order valence-corrected chi connectivity index (χ1v) is 10.2. The molecule has 3 aromatic rings. The van der Waals surface area contributed by atoms with Gasteiger partial charge in [-0.25, -0.2) is 0 Å². The lowest BCUT2D eigenvalue weighted by Crippen LogP contribution is -2.25. The third kappa shape index (κ3) is 4.71. The van der Waals surface area contributed by atoms with Crippen LogP contribution in [0.25, 0.3) is 11.1 Å². The van der Waals surface area contributed by atoms with Gasteiger partial charge in [0.15, 0.2) is 0 Å². The molecule has 3 rings (SSSR count). The molecule has 0 aliphatic carbocycles. The Hall–Kier alpha value is -3.54. The number of nitrogen functional groups attached to an aromatic ring is 1. The number of aromatic hydroxyl groups is 1. The summed E-state index contributed by atoms with van der Waals surface area (Å²) in [5.41, 5.74) is 8.21. The number of benzene rings is 2. The van der Waals surface area contributed by atoms with E-state index < -0.39 is 0 Å². The minimum Gasteiger partial charge on any atom is -0.508 e. The van der Waals surface area contributed by atoms with E-state index in [9.17, 15) is 14.7 Å². The largest absolute Gasteiger partial charge is 0.508 e. The van der Waals surface area contributed by atoms with Gasteiger partial charge in [0.25, 0.3) is 5.91 Å². The van der Waals surface area contributed by atoms with E-state index in [1.54, 1.807) is 36.4 Å². The van der Waals surface area contributed by atoms with Gasteiger partial charge in [0.1, 0.15) is 11.6 Å². The molecule has 0 saturated heterocycles. The van der Waals surface area contributed by atoms with Crippen molar-refractivity contribution >= 4 is 17.5 Å². The third-order valence-electron chi connectivity index (χ3n) is 4.99. The summed E-state index contributed by atoms with van der Waals surface area (Å²) in [5, 5.41) is 12.6. The van der Waals surface area contributed by atoms with Crippen LogP contribution in [0.1, 0.15) is 59.0 Å². The summed E-state index contributed by atoms with van der Waals surface area (Å²) in [6.45, 7) is 2.68. The molecule has 0 fully saturated rings. The summed E-state index contributed by atoms with van der Waals surface area (Å²) < 4.78 is 0. The Bertz CT molecular complexity index is 1010. The first kappa shape index (κ1) is 21.2. The van der Waals surface area contributed by atoms with E-state index in [1.807, 2.05) is 6.07 Å². The lowest BCUT2D eigenvalue weighted by molar-refractivity contribution is 0.0954. The highest BCUT2D eigenvalue weighted by atomic mass is 16.3. The average molecular weight is 405 g/mol. The van der Waals surface area contributed by atoms with Crippen molar-refractivity contribution in [2.45, 2.75) is 32.6 Å². The summed E-state index contributed by atoms with van der Waals surface area (Å²) in [4.78, 5) is 29.0. The summed E-state index contributed by atoms with van der Waals surface area (Å²) in [6, 6.07) is 15.2. The molecule has 2 aromatic carbocycles. The zero-order chi connectivity index (χ0) is 21.5. The number of ketones is 1. The Kier molecular flexibility index (Phi) is 6.91. The van der Waals surface area contributed by atoms with E-state index in [0.717, 1.165) is 25.7 Å². The van der Waals surface area contributed by atoms with Crippen molar-refractivity contribution < 1.29 is 14.7 Å². The van der Waals surface area contributed by atoms with Crippen LogP contribution >= 0.6 is 0 Å². The van der Waals surface area contributed by atoms with E-state index in [-0.39, 0.29) is 34.5 Å². The number of nitrogens with one attached hydrogen (secondary N) is 2. The number of anilines is 1. The summed E-state index contributed by atoms with van der Waals surface area (Å²) in [5.74, 6) is -0.341. The van der Waals surface area contributed by atoms with Gasteiger partial charge in [0.05, 0.1) is 11.3 Å². The molecule has 1 amide bonds. The van der Waals surface area contributed by atoms with Crippen LogP contribution in [0.2, 0.25) is 0 Å². The quantitative estimate of drug-likeness (QED) is 0.310. The van der Waals surface area contributed by atoms with Crippen LogP contribution in [0.3, 0.4) is 0 Å². The van der Waals surface area contributed by atoms with Gasteiger partial charge in [0.2, 0.25) is 5.78 Å². The van der Waals surface area contributed by atoms with Gasteiger partial charge in [-0.1, -0.05) is 68.7 Å². The van der Waals surface area contributed by atoms with Gasteiger partial charge >= 0.3 is 0 Å². The molecule has 156 valence electrons. The number of carbonyl (C=O) groups excluding carboxylic acids is 2. The number of rotatable bonds is 9. The number of hydrogen-bond acceptors (Lipinski definition) is 4. The smallest absolute Gasteiger partial charge is 0.255 e. The maximum atomic E-state index is 13.2. The van der Waals surface area contributed by atoms with Crippen molar-refractivity contribution in [3.05, 3.63) is 71.4 Å². The number of H-pyrrole nitrogens is 1. The Morgan fingerprint density at radius 2 is 1.70 bits per heavy atom. The van der Waals surface area contributed by atoms with Gasteiger partial charge < -0.3 is 21.1 Å². The van der Waals surface area contributed by atoms with Crippen LogP contribution in [0.4, 0.5) is 5.82 Å². The molecule has 0 aliphatic rings. The SMILES string of the molecule is CCCCCCNC(=O)c1c(N)[nH]c(C(=O)c2ccccc2)c1-c1ccc(O)cc1. The molecular weight excluding hydrogens is 378 g/mol. The summed E-state index contributed by atoms with van der Waals surface area (Å²) in [6.07, 6.45) is 4.17. The zero-order valence-corrected chi connectivity index (χ0v) is 17.1. The van der Waals surface area contributed by atoms with Gasteiger partial charge in [-0.3, -0.25) is 9.59 Å². The highest BCUT2D eigenvalue weighted by Gasteiger charge is 2.27. The highest BCUT2D eigenvalue weighted by molar-refractivity contribution is 6.17. The average Bonchev–Trinajstić information content (AvgIpc) is 3.11. The molecule has 0 aliphatic heterocycles. The van der Waals surface area contributed by atoms with Crippen molar-refractivity contribution in [2.24, 2.45) is 0 Å². The second-order valence-electron chi connectivity index (χ2n) is 7.22. The number of carbonyl (C=O) groups is 2. The fourth-order valence-corrected chi connectivity index (χ4v) is 3.42. The topological polar surface area (TPSA) is 108 Å². The molecule has 0 unspecified atom stereocenters. The zero-order valence-electron chi connectivity index (χ0n) is 17.1. The molecule has 5 N–H and O–H groups in total. The minimum absolute atomic E-state index is 0.0973. The Morgan fingerprint density at radius 1 is 1.00 bits per heavy atom. The molecule has 0 bridgehead atoms. The molecule has 0 spiro atoms. The number of aromatic amines is 1. The lowest BCUT2D eigenvalue weighted by atomic mass is 9.96. The molecule has 0 atom stereocenters. The van der Waals surface area contributed by atoms with Gasteiger partial charge in [-0.05, 0) is 24.1 Å². The van der Waals surface area contributed by atoms with E-state index in [2.05, 4.69) is 17.2 Å². The molecule has 0 saturated carbocycles. The molecule has 1 heterocycles. The summed E-state index contributed by atoms with van der Waals surface area (Å²) in [7, 11) is 0. The predicted molar refractivity (Wildman–Crippen MR) is 119 cm³/mol. The summed E-state index contributed by atoms with van der Waals surface area (Å²) >= 11 is 0. The monoisotopic (exact) mass is 405 g/mol.